The fourth-order valence-corrected chi connectivity index (χ4v) is 7.52. The Hall–Kier alpha value is -1.45. The highest BCUT2D eigenvalue weighted by Crippen LogP contribution is 2.66. The van der Waals surface area contributed by atoms with E-state index in [1.165, 1.54) is 12.5 Å². The van der Waals surface area contributed by atoms with E-state index in [1.54, 1.807) is 0 Å². The minimum absolute atomic E-state index is 0.0742. The highest BCUT2D eigenvalue weighted by molar-refractivity contribution is 5.91. The summed E-state index contributed by atoms with van der Waals surface area (Å²) < 4.78 is 5.47. The number of allylic oxidation sites excluding steroid dienone is 1. The maximum Gasteiger partial charge on any atom is 0.302 e. The van der Waals surface area contributed by atoms with E-state index in [0.29, 0.717) is 30.6 Å². The quantitative estimate of drug-likeness (QED) is 0.679. The molecule has 3 saturated carbocycles. The van der Waals surface area contributed by atoms with Crippen LogP contribution in [0.1, 0.15) is 72.6 Å². The smallest absolute Gasteiger partial charge is 0.302 e. The summed E-state index contributed by atoms with van der Waals surface area (Å²) in [6.07, 6.45) is 8.04. The largest absolute Gasteiger partial charge is 0.462 e. The first kappa shape index (κ1) is 18.9. The van der Waals surface area contributed by atoms with Crippen LogP contribution in [0.25, 0.3) is 0 Å². The Bertz CT molecular complexity index is 722. The number of hydrogen-bond acceptors (Lipinski definition) is 4. The number of ketones is 2. The summed E-state index contributed by atoms with van der Waals surface area (Å²) in [6, 6.07) is 0. The van der Waals surface area contributed by atoms with Gasteiger partial charge in [-0.05, 0) is 73.7 Å². The van der Waals surface area contributed by atoms with Crippen LogP contribution in [0.3, 0.4) is 0 Å². The lowest BCUT2D eigenvalue weighted by molar-refractivity contribution is -0.154. The summed E-state index contributed by atoms with van der Waals surface area (Å²) in [6.45, 7) is 7.94. The number of Topliss-reactive ketones (excluding diaryl/α,β-unsaturated/α-hetero) is 1. The Morgan fingerprint density at radius 1 is 1.15 bits per heavy atom. The molecule has 4 rings (SSSR count). The summed E-state index contributed by atoms with van der Waals surface area (Å²) in [4.78, 5) is 36.4. The van der Waals surface area contributed by atoms with Crippen LogP contribution in [0.15, 0.2) is 11.6 Å². The van der Waals surface area contributed by atoms with Crippen molar-refractivity contribution in [3.63, 3.8) is 0 Å². The van der Waals surface area contributed by atoms with Gasteiger partial charge in [0.15, 0.2) is 5.78 Å². The third-order valence-electron chi connectivity index (χ3n) is 8.70. The van der Waals surface area contributed by atoms with Crippen molar-refractivity contribution in [3.05, 3.63) is 11.6 Å². The maximum atomic E-state index is 13.0. The van der Waals surface area contributed by atoms with Gasteiger partial charge in [-0.2, -0.15) is 0 Å². The monoisotopic (exact) mass is 372 g/mol. The van der Waals surface area contributed by atoms with Crippen LogP contribution in [0, 0.1) is 34.5 Å². The molecule has 4 aliphatic carbocycles. The molecule has 3 fully saturated rings. The Morgan fingerprint density at radius 3 is 2.59 bits per heavy atom. The van der Waals surface area contributed by atoms with Gasteiger partial charge in [-0.3, -0.25) is 14.4 Å². The Kier molecular flexibility index (Phi) is 4.40. The molecule has 4 heteroatoms. The lowest BCUT2D eigenvalue weighted by atomic mass is 9.46. The third kappa shape index (κ3) is 2.74. The van der Waals surface area contributed by atoms with E-state index < -0.39 is 0 Å². The predicted molar refractivity (Wildman–Crippen MR) is 102 cm³/mol. The van der Waals surface area contributed by atoms with Crippen LogP contribution in [0.2, 0.25) is 0 Å². The molecular weight excluding hydrogens is 340 g/mol. The maximum absolute atomic E-state index is 13.0. The fraction of sp³-hybridized carbons (Fsp3) is 0.783. The number of rotatable bonds is 2. The number of hydrogen-bond donors (Lipinski definition) is 0. The van der Waals surface area contributed by atoms with Crippen LogP contribution in [-0.4, -0.2) is 23.6 Å². The molecule has 0 radical (unpaired) electrons. The predicted octanol–water partition coefficient (Wildman–Crippen LogP) is 4.27. The number of carbonyl (C=O) groups is 3. The summed E-state index contributed by atoms with van der Waals surface area (Å²) in [7, 11) is 0. The Balaban J connectivity index is 1.64. The molecule has 0 saturated heterocycles. The summed E-state index contributed by atoms with van der Waals surface area (Å²) in [5.41, 5.74) is 1.41. The van der Waals surface area contributed by atoms with Gasteiger partial charge in [-0.25, -0.2) is 0 Å². The topological polar surface area (TPSA) is 60.4 Å². The Morgan fingerprint density at radius 2 is 1.89 bits per heavy atom. The van der Waals surface area contributed by atoms with Gasteiger partial charge in [0.05, 0.1) is 5.92 Å². The number of ether oxygens (including phenoxy) is 1. The molecule has 0 bridgehead atoms. The van der Waals surface area contributed by atoms with E-state index in [0.717, 1.165) is 32.1 Å². The van der Waals surface area contributed by atoms with E-state index in [1.807, 2.05) is 13.0 Å². The third-order valence-corrected chi connectivity index (χ3v) is 8.70. The van der Waals surface area contributed by atoms with Gasteiger partial charge in [0.1, 0.15) is 11.9 Å². The van der Waals surface area contributed by atoms with Crippen LogP contribution in [0.5, 0.6) is 0 Å². The molecule has 148 valence electrons. The zero-order chi connectivity index (χ0) is 19.6. The first-order valence-electron chi connectivity index (χ1n) is 10.6. The van der Waals surface area contributed by atoms with E-state index in [9.17, 15) is 14.4 Å². The minimum Gasteiger partial charge on any atom is -0.462 e. The van der Waals surface area contributed by atoms with E-state index in [2.05, 4.69) is 13.8 Å². The fourth-order valence-electron chi connectivity index (χ4n) is 7.52. The first-order chi connectivity index (χ1) is 12.7. The van der Waals surface area contributed by atoms with Gasteiger partial charge >= 0.3 is 5.97 Å². The highest BCUT2D eigenvalue weighted by Gasteiger charge is 2.62. The summed E-state index contributed by atoms with van der Waals surface area (Å²) >= 11 is 0. The van der Waals surface area contributed by atoms with Crippen LogP contribution in [0.4, 0.5) is 0 Å². The molecule has 4 nitrogen and oxygen atoms in total. The lowest BCUT2D eigenvalue weighted by Crippen LogP contribution is -2.51. The second-order valence-corrected chi connectivity index (χ2v) is 9.98. The van der Waals surface area contributed by atoms with E-state index in [4.69, 9.17) is 4.74 Å². The molecule has 7 atom stereocenters. The summed E-state index contributed by atoms with van der Waals surface area (Å²) in [5.74, 6) is 1.57. The van der Waals surface area contributed by atoms with Gasteiger partial charge in [-0.1, -0.05) is 19.4 Å². The van der Waals surface area contributed by atoms with Crippen molar-refractivity contribution in [3.8, 4) is 0 Å². The standard InChI is InChI=1S/C23H32O4/c1-13(27-14(2)24)21-20(26)12-19-17-6-5-15-11-16(25)7-9-22(15,3)18(17)8-10-23(19,21)4/h11,13,17-19,21H,5-10,12H2,1-4H3. The Labute approximate surface area is 162 Å². The van der Waals surface area contributed by atoms with Crippen LogP contribution < -0.4 is 0 Å². The van der Waals surface area contributed by atoms with Crippen LogP contribution >= 0.6 is 0 Å². The number of esters is 1. The molecular formula is C23H32O4. The SMILES string of the molecule is CC(=O)OC(C)C1C(=O)CC2C3CCC4=CC(=O)CCC4(C)C3CCC21C. The van der Waals surface area contributed by atoms with Crippen molar-refractivity contribution in [2.75, 3.05) is 0 Å². The normalized spacial score (nSPS) is 44.7. The lowest BCUT2D eigenvalue weighted by Gasteiger charge is -2.58. The molecule has 0 aromatic carbocycles. The molecule has 0 aromatic heterocycles. The zero-order valence-electron chi connectivity index (χ0n) is 17.0. The molecule has 0 N–H and O–H groups in total. The van der Waals surface area contributed by atoms with Gasteiger partial charge in [0.2, 0.25) is 0 Å². The zero-order valence-corrected chi connectivity index (χ0v) is 17.0. The van der Waals surface area contributed by atoms with Gasteiger partial charge in [0.25, 0.3) is 0 Å². The first-order valence-corrected chi connectivity index (χ1v) is 10.6. The molecule has 7 unspecified atom stereocenters. The van der Waals surface area contributed by atoms with E-state index in [-0.39, 0.29) is 40.4 Å². The van der Waals surface area contributed by atoms with Gasteiger partial charge in [-0.15, -0.1) is 0 Å². The number of carbonyl (C=O) groups excluding carboxylic acids is 3. The molecule has 0 aromatic rings. The average Bonchev–Trinajstić information content (AvgIpc) is 2.85. The molecule has 0 amide bonds. The average molecular weight is 373 g/mol. The summed E-state index contributed by atoms with van der Waals surface area (Å²) in [5, 5.41) is 0. The van der Waals surface area contributed by atoms with Gasteiger partial charge < -0.3 is 4.74 Å². The molecule has 0 heterocycles. The molecule has 27 heavy (non-hydrogen) atoms. The minimum atomic E-state index is -0.344. The van der Waals surface area contributed by atoms with Crippen molar-refractivity contribution < 1.29 is 19.1 Å². The number of fused-ring (bicyclic) bond motifs is 5. The molecule has 0 aliphatic heterocycles. The molecule has 4 aliphatic rings. The van der Waals surface area contributed by atoms with Crippen LogP contribution in [-0.2, 0) is 19.1 Å². The van der Waals surface area contributed by atoms with Gasteiger partial charge in [0, 0.05) is 19.8 Å². The molecule has 0 spiro atoms. The van der Waals surface area contributed by atoms with Crippen molar-refractivity contribution in [1.29, 1.82) is 0 Å². The second-order valence-electron chi connectivity index (χ2n) is 9.98. The van der Waals surface area contributed by atoms with Crippen molar-refractivity contribution in [2.24, 2.45) is 34.5 Å². The van der Waals surface area contributed by atoms with Crippen molar-refractivity contribution in [2.45, 2.75) is 78.7 Å². The van der Waals surface area contributed by atoms with E-state index >= 15 is 0 Å². The second kappa shape index (κ2) is 6.28. The highest BCUT2D eigenvalue weighted by atomic mass is 16.5. The van der Waals surface area contributed by atoms with Crippen molar-refractivity contribution >= 4 is 17.5 Å². The van der Waals surface area contributed by atoms with Crippen molar-refractivity contribution in [1.82, 2.24) is 0 Å².